The maximum Gasteiger partial charge on any atom is 0.322 e. The van der Waals surface area contributed by atoms with Gasteiger partial charge in [-0.05, 0) is 18.8 Å². The summed E-state index contributed by atoms with van der Waals surface area (Å²) in [5.41, 5.74) is 0. The Bertz CT molecular complexity index is 423. The van der Waals surface area contributed by atoms with Gasteiger partial charge in [0.2, 0.25) is 0 Å². The quantitative estimate of drug-likeness (QED) is 0.862. The van der Waals surface area contributed by atoms with Crippen molar-refractivity contribution in [1.29, 1.82) is 0 Å². The number of hydrogen-bond donors (Lipinski definition) is 2. The summed E-state index contributed by atoms with van der Waals surface area (Å²) >= 11 is 1.11. The van der Waals surface area contributed by atoms with E-state index in [1.807, 2.05) is 0 Å². The summed E-state index contributed by atoms with van der Waals surface area (Å²) in [6.07, 6.45) is 3.30. The zero-order chi connectivity index (χ0) is 13.0. The molecule has 2 heterocycles. The van der Waals surface area contributed by atoms with Gasteiger partial charge in [-0.2, -0.15) is 0 Å². The van der Waals surface area contributed by atoms with Crippen LogP contribution in [-0.4, -0.2) is 44.7 Å². The number of likely N-dealkylation sites (tertiary alicyclic amines) is 1. The fourth-order valence-corrected chi connectivity index (χ4v) is 2.48. The van der Waals surface area contributed by atoms with Crippen LogP contribution in [0.25, 0.3) is 0 Å². The standard InChI is InChI=1S/C10H14N4O3S/c15-9(16)4-7-2-1-3-14(6-7)10(17)12-8-5-11-13-18-8/h5,7H,1-4,6H2,(H,12,17)(H,15,16). The number of rotatable bonds is 3. The Morgan fingerprint density at radius 2 is 2.44 bits per heavy atom. The van der Waals surface area contributed by atoms with Crippen molar-refractivity contribution in [3.05, 3.63) is 6.20 Å². The minimum atomic E-state index is -0.811. The van der Waals surface area contributed by atoms with E-state index < -0.39 is 5.97 Å². The monoisotopic (exact) mass is 270 g/mol. The first-order valence-corrected chi connectivity index (χ1v) is 6.47. The van der Waals surface area contributed by atoms with Crippen LogP contribution in [0, 0.1) is 5.92 Å². The molecular weight excluding hydrogens is 256 g/mol. The van der Waals surface area contributed by atoms with E-state index in [1.54, 1.807) is 4.90 Å². The number of urea groups is 1. The minimum Gasteiger partial charge on any atom is -0.481 e. The fraction of sp³-hybridized carbons (Fsp3) is 0.600. The largest absolute Gasteiger partial charge is 0.481 e. The molecule has 18 heavy (non-hydrogen) atoms. The molecule has 1 saturated heterocycles. The Morgan fingerprint density at radius 1 is 1.61 bits per heavy atom. The Hall–Kier alpha value is -1.70. The second-order valence-electron chi connectivity index (χ2n) is 4.26. The number of nitrogens with one attached hydrogen (secondary N) is 1. The first-order chi connectivity index (χ1) is 8.65. The zero-order valence-electron chi connectivity index (χ0n) is 9.70. The van der Waals surface area contributed by atoms with Gasteiger partial charge in [-0.25, -0.2) is 4.79 Å². The molecule has 8 heteroatoms. The highest BCUT2D eigenvalue weighted by Crippen LogP contribution is 2.20. The van der Waals surface area contributed by atoms with Crippen LogP contribution >= 0.6 is 11.5 Å². The molecule has 0 radical (unpaired) electrons. The number of carboxylic acid groups (broad SMARTS) is 1. The van der Waals surface area contributed by atoms with E-state index in [9.17, 15) is 9.59 Å². The second kappa shape index (κ2) is 5.76. The number of piperidine rings is 1. The summed E-state index contributed by atoms with van der Waals surface area (Å²) < 4.78 is 3.66. The molecule has 0 aromatic carbocycles. The predicted molar refractivity (Wildman–Crippen MR) is 65.5 cm³/mol. The van der Waals surface area contributed by atoms with Crippen LogP contribution in [0.3, 0.4) is 0 Å². The summed E-state index contributed by atoms with van der Waals surface area (Å²) in [7, 11) is 0. The lowest BCUT2D eigenvalue weighted by Crippen LogP contribution is -2.42. The topological polar surface area (TPSA) is 95.4 Å². The molecule has 2 rings (SSSR count). The van der Waals surface area contributed by atoms with E-state index in [0.717, 1.165) is 24.4 Å². The lowest BCUT2D eigenvalue weighted by atomic mass is 9.95. The highest BCUT2D eigenvalue weighted by molar-refractivity contribution is 7.10. The van der Waals surface area contributed by atoms with Gasteiger partial charge < -0.3 is 10.0 Å². The Kier molecular flexibility index (Phi) is 4.08. The van der Waals surface area contributed by atoms with Crippen LogP contribution in [0.5, 0.6) is 0 Å². The van der Waals surface area contributed by atoms with Crippen molar-refractivity contribution < 1.29 is 14.7 Å². The molecule has 1 aromatic heterocycles. The maximum atomic E-state index is 11.9. The number of anilines is 1. The normalized spacial score (nSPS) is 19.6. The smallest absolute Gasteiger partial charge is 0.322 e. The Morgan fingerprint density at radius 3 is 3.11 bits per heavy atom. The van der Waals surface area contributed by atoms with E-state index in [4.69, 9.17) is 5.11 Å². The lowest BCUT2D eigenvalue weighted by Gasteiger charge is -2.31. The number of hydrogen-bond acceptors (Lipinski definition) is 5. The van der Waals surface area contributed by atoms with Gasteiger partial charge in [-0.3, -0.25) is 10.1 Å². The zero-order valence-corrected chi connectivity index (χ0v) is 10.5. The van der Waals surface area contributed by atoms with Crippen molar-refractivity contribution in [1.82, 2.24) is 14.5 Å². The molecular formula is C10H14N4O3S. The van der Waals surface area contributed by atoms with Gasteiger partial charge in [-0.15, -0.1) is 5.10 Å². The molecule has 1 aliphatic rings. The van der Waals surface area contributed by atoms with Gasteiger partial charge in [0.25, 0.3) is 0 Å². The first kappa shape index (κ1) is 12.7. The molecule has 0 saturated carbocycles. The fourth-order valence-electron chi connectivity index (χ4n) is 2.07. The number of aromatic nitrogens is 2. The van der Waals surface area contributed by atoms with Crippen molar-refractivity contribution in [2.45, 2.75) is 19.3 Å². The second-order valence-corrected chi connectivity index (χ2v) is 5.05. The van der Waals surface area contributed by atoms with Gasteiger partial charge in [-0.1, -0.05) is 4.49 Å². The van der Waals surface area contributed by atoms with Crippen molar-refractivity contribution in [3.8, 4) is 0 Å². The molecule has 98 valence electrons. The molecule has 0 bridgehead atoms. The van der Waals surface area contributed by atoms with Crippen LogP contribution in [0.2, 0.25) is 0 Å². The number of carbonyl (C=O) groups excluding carboxylic acids is 1. The highest BCUT2D eigenvalue weighted by atomic mass is 32.1. The molecule has 1 fully saturated rings. The third-order valence-electron chi connectivity index (χ3n) is 2.86. The Balaban J connectivity index is 1.88. The van der Waals surface area contributed by atoms with Crippen LogP contribution in [-0.2, 0) is 4.79 Å². The SMILES string of the molecule is O=C(O)CC1CCCN(C(=O)Nc2cnns2)C1. The summed E-state index contributed by atoms with van der Waals surface area (Å²) in [6.45, 7) is 1.15. The molecule has 2 N–H and O–H groups in total. The summed E-state index contributed by atoms with van der Waals surface area (Å²) in [4.78, 5) is 24.2. The number of carboxylic acids is 1. The van der Waals surface area contributed by atoms with E-state index in [1.165, 1.54) is 6.20 Å². The average Bonchev–Trinajstić information content (AvgIpc) is 2.81. The van der Waals surface area contributed by atoms with Crippen molar-refractivity contribution in [2.75, 3.05) is 18.4 Å². The van der Waals surface area contributed by atoms with Gasteiger partial charge >= 0.3 is 12.0 Å². The van der Waals surface area contributed by atoms with E-state index in [-0.39, 0.29) is 18.4 Å². The molecule has 7 nitrogen and oxygen atoms in total. The van der Waals surface area contributed by atoms with Crippen LogP contribution in [0.4, 0.5) is 9.80 Å². The van der Waals surface area contributed by atoms with Crippen molar-refractivity contribution >= 4 is 28.5 Å². The van der Waals surface area contributed by atoms with Gasteiger partial charge in [0.15, 0.2) is 0 Å². The van der Waals surface area contributed by atoms with Crippen molar-refractivity contribution in [2.24, 2.45) is 5.92 Å². The third kappa shape index (κ3) is 3.39. The number of carbonyl (C=O) groups is 2. The lowest BCUT2D eigenvalue weighted by molar-refractivity contribution is -0.138. The first-order valence-electron chi connectivity index (χ1n) is 5.70. The Labute approximate surface area is 108 Å². The summed E-state index contributed by atoms with van der Waals surface area (Å²) in [5, 5.41) is 15.7. The molecule has 1 aliphatic heterocycles. The summed E-state index contributed by atoms with van der Waals surface area (Å²) in [5.74, 6) is -0.768. The van der Waals surface area contributed by atoms with E-state index >= 15 is 0 Å². The van der Waals surface area contributed by atoms with E-state index in [0.29, 0.717) is 18.1 Å². The van der Waals surface area contributed by atoms with Crippen LogP contribution < -0.4 is 5.32 Å². The molecule has 2 amide bonds. The molecule has 1 atom stereocenters. The third-order valence-corrected chi connectivity index (χ3v) is 3.44. The molecule has 0 spiro atoms. The highest BCUT2D eigenvalue weighted by Gasteiger charge is 2.25. The summed E-state index contributed by atoms with van der Waals surface area (Å²) in [6, 6.07) is -0.212. The van der Waals surface area contributed by atoms with Crippen LogP contribution in [0.15, 0.2) is 6.20 Å². The number of aliphatic carboxylic acids is 1. The van der Waals surface area contributed by atoms with Crippen molar-refractivity contribution in [3.63, 3.8) is 0 Å². The van der Waals surface area contributed by atoms with Crippen LogP contribution in [0.1, 0.15) is 19.3 Å². The maximum absolute atomic E-state index is 11.9. The average molecular weight is 270 g/mol. The van der Waals surface area contributed by atoms with E-state index in [2.05, 4.69) is 14.9 Å². The minimum absolute atomic E-state index is 0.0431. The van der Waals surface area contributed by atoms with Gasteiger partial charge in [0.1, 0.15) is 5.00 Å². The molecule has 1 unspecified atom stereocenters. The van der Waals surface area contributed by atoms with Gasteiger partial charge in [0, 0.05) is 31.0 Å². The predicted octanol–water partition coefficient (Wildman–Crippen LogP) is 1.26. The van der Waals surface area contributed by atoms with Gasteiger partial charge in [0.05, 0.1) is 6.20 Å². The molecule has 0 aliphatic carbocycles. The number of nitrogens with zero attached hydrogens (tertiary/aromatic N) is 3. The number of amides is 2. The molecule has 1 aromatic rings.